The van der Waals surface area contributed by atoms with Crippen LogP contribution in [0.5, 0.6) is 0 Å². The van der Waals surface area contributed by atoms with Crippen LogP contribution >= 0.6 is 0 Å². The molecule has 0 bridgehead atoms. The second-order valence-electron chi connectivity index (χ2n) is 6.11. The van der Waals surface area contributed by atoms with Crippen LogP contribution in [0.15, 0.2) is 0 Å². The summed E-state index contributed by atoms with van der Waals surface area (Å²) in [5, 5.41) is 2.83. The maximum Gasteiger partial charge on any atom is 0.410 e. The van der Waals surface area contributed by atoms with E-state index in [9.17, 15) is 13.6 Å². The number of hydrogen-bond donors (Lipinski definition) is 1. The molecule has 104 valence electrons. The number of ether oxygens (including phenoxy) is 1. The van der Waals surface area contributed by atoms with Gasteiger partial charge in [0.25, 0.3) is 5.92 Å². The summed E-state index contributed by atoms with van der Waals surface area (Å²) in [4.78, 5) is 13.3. The van der Waals surface area contributed by atoms with Crippen molar-refractivity contribution in [1.29, 1.82) is 0 Å². The maximum atomic E-state index is 13.5. The number of likely N-dealkylation sites (tertiary alicyclic amines) is 1. The molecule has 2 rings (SSSR count). The Hall–Kier alpha value is -0.910. The highest BCUT2D eigenvalue weighted by Gasteiger charge is 2.62. The molecule has 0 saturated carbocycles. The maximum absolute atomic E-state index is 13.5. The van der Waals surface area contributed by atoms with Crippen molar-refractivity contribution in [3.05, 3.63) is 0 Å². The number of nitrogens with zero attached hydrogens (tertiary/aromatic N) is 1. The van der Waals surface area contributed by atoms with E-state index in [4.69, 9.17) is 4.74 Å². The topological polar surface area (TPSA) is 41.6 Å². The van der Waals surface area contributed by atoms with E-state index in [1.54, 1.807) is 20.8 Å². The standard InChI is InChI=1S/C12H20F2N2O2/c1-10(2,3)18-9(17)16-6-4-11(5-7-16)12(13,14)8-15-11/h15H,4-8H2,1-3H3. The average molecular weight is 262 g/mol. The number of halogens is 2. The average Bonchev–Trinajstić information content (AvgIpc) is 2.25. The summed E-state index contributed by atoms with van der Waals surface area (Å²) in [5.74, 6) is -2.65. The Bertz CT molecular complexity index is 344. The SMILES string of the molecule is CC(C)(C)OC(=O)N1CCC2(CC1)NCC2(F)F. The van der Waals surface area contributed by atoms with E-state index in [-0.39, 0.29) is 19.4 Å². The molecule has 0 radical (unpaired) electrons. The van der Waals surface area contributed by atoms with Gasteiger partial charge >= 0.3 is 6.09 Å². The highest BCUT2D eigenvalue weighted by atomic mass is 19.3. The third-order valence-electron chi connectivity index (χ3n) is 3.62. The molecule has 18 heavy (non-hydrogen) atoms. The third-order valence-corrected chi connectivity index (χ3v) is 3.62. The van der Waals surface area contributed by atoms with Gasteiger partial charge in [-0.2, -0.15) is 0 Å². The third kappa shape index (κ3) is 2.30. The molecule has 6 heteroatoms. The Morgan fingerprint density at radius 1 is 1.28 bits per heavy atom. The zero-order valence-electron chi connectivity index (χ0n) is 11.1. The fraction of sp³-hybridized carbons (Fsp3) is 0.917. The van der Waals surface area contributed by atoms with Gasteiger partial charge in [-0.1, -0.05) is 0 Å². The molecule has 2 aliphatic heterocycles. The lowest BCUT2D eigenvalue weighted by atomic mass is 9.75. The van der Waals surface area contributed by atoms with E-state index in [1.165, 1.54) is 4.90 Å². The Labute approximate surface area is 106 Å². The number of piperidine rings is 1. The van der Waals surface area contributed by atoms with Gasteiger partial charge in [0.15, 0.2) is 0 Å². The lowest BCUT2D eigenvalue weighted by Crippen LogP contribution is -2.76. The van der Waals surface area contributed by atoms with Crippen molar-refractivity contribution in [3.63, 3.8) is 0 Å². The van der Waals surface area contributed by atoms with Gasteiger partial charge in [0.05, 0.1) is 12.1 Å². The van der Waals surface area contributed by atoms with Crippen LogP contribution in [0.3, 0.4) is 0 Å². The minimum Gasteiger partial charge on any atom is -0.444 e. The zero-order chi connectivity index (χ0) is 13.6. The van der Waals surface area contributed by atoms with E-state index in [0.717, 1.165) is 0 Å². The first kappa shape index (κ1) is 13.5. The monoisotopic (exact) mass is 262 g/mol. The van der Waals surface area contributed by atoms with Gasteiger partial charge in [0.2, 0.25) is 0 Å². The first-order valence-electron chi connectivity index (χ1n) is 6.26. The highest BCUT2D eigenvalue weighted by molar-refractivity contribution is 5.68. The highest BCUT2D eigenvalue weighted by Crippen LogP contribution is 2.43. The minimum absolute atomic E-state index is 0.251. The summed E-state index contributed by atoms with van der Waals surface area (Å²) >= 11 is 0. The number of amides is 1. The fourth-order valence-corrected chi connectivity index (χ4v) is 2.41. The van der Waals surface area contributed by atoms with Crippen LogP contribution < -0.4 is 5.32 Å². The molecule has 2 heterocycles. The van der Waals surface area contributed by atoms with Gasteiger partial charge in [-0.15, -0.1) is 0 Å². The molecule has 1 spiro atoms. The molecule has 2 aliphatic rings. The van der Waals surface area contributed by atoms with Crippen molar-refractivity contribution in [2.24, 2.45) is 0 Å². The van der Waals surface area contributed by atoms with Crippen LogP contribution in [0, 0.1) is 0 Å². The van der Waals surface area contributed by atoms with Crippen molar-refractivity contribution in [2.75, 3.05) is 19.6 Å². The van der Waals surface area contributed by atoms with E-state index >= 15 is 0 Å². The molecule has 2 fully saturated rings. The number of alkyl halides is 2. The lowest BCUT2D eigenvalue weighted by Gasteiger charge is -2.53. The van der Waals surface area contributed by atoms with Gasteiger partial charge in [-0.05, 0) is 33.6 Å². The van der Waals surface area contributed by atoms with Crippen LogP contribution in [0.4, 0.5) is 13.6 Å². The molecule has 4 nitrogen and oxygen atoms in total. The molecule has 0 unspecified atom stereocenters. The summed E-state index contributed by atoms with van der Waals surface area (Å²) in [5.41, 5.74) is -1.64. The molecular weight excluding hydrogens is 242 g/mol. The number of carbonyl (C=O) groups is 1. The van der Waals surface area contributed by atoms with Crippen molar-refractivity contribution in [3.8, 4) is 0 Å². The van der Waals surface area contributed by atoms with Gasteiger partial charge < -0.3 is 15.0 Å². The van der Waals surface area contributed by atoms with Gasteiger partial charge in [-0.25, -0.2) is 13.6 Å². The number of hydrogen-bond acceptors (Lipinski definition) is 3. The Balaban J connectivity index is 1.89. The Morgan fingerprint density at radius 3 is 2.17 bits per heavy atom. The molecular formula is C12H20F2N2O2. The Morgan fingerprint density at radius 2 is 1.83 bits per heavy atom. The number of carbonyl (C=O) groups excluding carboxylic acids is 1. The van der Waals surface area contributed by atoms with E-state index in [2.05, 4.69) is 5.32 Å². The van der Waals surface area contributed by atoms with Crippen LogP contribution in [-0.4, -0.2) is 47.7 Å². The second-order valence-corrected chi connectivity index (χ2v) is 6.11. The Kier molecular flexibility index (Phi) is 3.04. The predicted molar refractivity (Wildman–Crippen MR) is 62.7 cm³/mol. The molecule has 1 N–H and O–H groups in total. The van der Waals surface area contributed by atoms with Gasteiger partial charge in [0, 0.05) is 13.1 Å². The molecule has 0 aromatic rings. The second kappa shape index (κ2) is 4.05. The zero-order valence-corrected chi connectivity index (χ0v) is 11.1. The van der Waals surface area contributed by atoms with Crippen LogP contribution in [0.1, 0.15) is 33.6 Å². The summed E-state index contributed by atoms with van der Waals surface area (Å²) in [7, 11) is 0. The molecule has 0 aliphatic carbocycles. The van der Waals surface area contributed by atoms with Crippen molar-refractivity contribution >= 4 is 6.09 Å². The van der Waals surface area contributed by atoms with E-state index < -0.39 is 23.2 Å². The van der Waals surface area contributed by atoms with Crippen molar-refractivity contribution in [2.45, 2.75) is 50.7 Å². The fourth-order valence-electron chi connectivity index (χ4n) is 2.41. The first-order chi connectivity index (χ1) is 8.15. The minimum atomic E-state index is -2.65. The molecule has 0 aromatic carbocycles. The molecule has 2 saturated heterocycles. The smallest absolute Gasteiger partial charge is 0.410 e. The van der Waals surface area contributed by atoms with Crippen LogP contribution in [-0.2, 0) is 4.74 Å². The van der Waals surface area contributed by atoms with Crippen LogP contribution in [0.2, 0.25) is 0 Å². The van der Waals surface area contributed by atoms with E-state index in [1.807, 2.05) is 0 Å². The molecule has 0 aromatic heterocycles. The van der Waals surface area contributed by atoms with E-state index in [0.29, 0.717) is 13.1 Å². The molecule has 0 atom stereocenters. The first-order valence-corrected chi connectivity index (χ1v) is 6.26. The van der Waals surface area contributed by atoms with Crippen molar-refractivity contribution in [1.82, 2.24) is 10.2 Å². The summed E-state index contributed by atoms with van der Waals surface area (Å²) in [6.07, 6.45) is 0.137. The summed E-state index contributed by atoms with van der Waals surface area (Å²) in [6.45, 7) is 5.75. The number of nitrogens with one attached hydrogen (secondary N) is 1. The van der Waals surface area contributed by atoms with Gasteiger partial charge in [-0.3, -0.25) is 0 Å². The largest absolute Gasteiger partial charge is 0.444 e. The summed E-state index contributed by atoms with van der Waals surface area (Å²) < 4.78 is 32.2. The summed E-state index contributed by atoms with van der Waals surface area (Å²) in [6, 6.07) is 0. The normalized spacial score (nSPS) is 25.7. The van der Waals surface area contributed by atoms with Crippen LogP contribution in [0.25, 0.3) is 0 Å². The van der Waals surface area contributed by atoms with Gasteiger partial charge in [0.1, 0.15) is 5.60 Å². The molecule has 1 amide bonds. The quantitative estimate of drug-likeness (QED) is 0.726. The van der Waals surface area contributed by atoms with Crippen molar-refractivity contribution < 1.29 is 18.3 Å². The number of rotatable bonds is 0. The predicted octanol–water partition coefficient (Wildman–Crippen LogP) is 1.99. The lowest BCUT2D eigenvalue weighted by molar-refractivity contribution is -0.172.